The molecule has 1 rings (SSSR count). The first-order chi connectivity index (χ1) is 8.21. The molecule has 1 aromatic heterocycles. The first-order valence-electron chi connectivity index (χ1n) is 6.47. The third-order valence-corrected chi connectivity index (χ3v) is 3.14. The summed E-state index contributed by atoms with van der Waals surface area (Å²) in [4.78, 5) is 0. The van der Waals surface area contributed by atoms with Gasteiger partial charge in [0.05, 0.1) is 12.3 Å². The Bertz CT molecular complexity index is 311. The Morgan fingerprint density at radius 3 is 2.76 bits per heavy atom. The second-order valence-electron chi connectivity index (χ2n) is 4.49. The topological polar surface area (TPSA) is 39.1 Å². The summed E-state index contributed by atoms with van der Waals surface area (Å²) in [7, 11) is 1.74. The molecule has 0 fully saturated rings. The minimum atomic E-state index is 0.411. The monoisotopic (exact) mass is 239 g/mol. The van der Waals surface area contributed by atoms with Crippen molar-refractivity contribution in [2.45, 2.75) is 52.2 Å². The molecule has 98 valence electrons. The normalized spacial score (nSPS) is 14.8. The van der Waals surface area contributed by atoms with Crippen molar-refractivity contribution in [1.29, 1.82) is 0 Å². The van der Waals surface area contributed by atoms with Gasteiger partial charge in [-0.05, 0) is 25.8 Å². The van der Waals surface area contributed by atoms with Gasteiger partial charge in [0.15, 0.2) is 0 Å². The van der Waals surface area contributed by atoms with Crippen molar-refractivity contribution in [2.24, 2.45) is 0 Å². The van der Waals surface area contributed by atoms with Crippen molar-refractivity contribution in [3.8, 4) is 0 Å². The lowest BCUT2D eigenvalue weighted by Crippen LogP contribution is -2.32. The van der Waals surface area contributed by atoms with E-state index in [0.29, 0.717) is 12.1 Å². The van der Waals surface area contributed by atoms with Gasteiger partial charge in [-0.1, -0.05) is 13.8 Å². The first-order valence-corrected chi connectivity index (χ1v) is 6.47. The summed E-state index contributed by atoms with van der Waals surface area (Å²) in [5.74, 6) is 0. The van der Waals surface area contributed by atoms with Crippen molar-refractivity contribution < 1.29 is 4.74 Å². The van der Waals surface area contributed by atoms with Crippen LogP contribution in [0.3, 0.4) is 0 Å². The fourth-order valence-electron chi connectivity index (χ4n) is 1.68. The molecule has 1 N–H and O–H groups in total. The Hall–Kier alpha value is -0.870. The molecule has 0 saturated heterocycles. The minimum absolute atomic E-state index is 0.411. The van der Waals surface area contributed by atoms with E-state index in [1.165, 1.54) is 0 Å². The van der Waals surface area contributed by atoms with Crippen LogP contribution < -0.4 is 5.32 Å². The van der Waals surface area contributed by atoms with Gasteiger partial charge in [-0.2, -0.15) is 5.10 Å². The average molecular weight is 239 g/mol. The second kappa shape index (κ2) is 7.45. The molecule has 0 radical (unpaired) electrons. The van der Waals surface area contributed by atoms with Gasteiger partial charge in [0.25, 0.3) is 0 Å². The van der Waals surface area contributed by atoms with E-state index in [1.54, 1.807) is 7.11 Å². The van der Waals surface area contributed by atoms with Crippen LogP contribution >= 0.6 is 0 Å². The van der Waals surface area contributed by atoms with Gasteiger partial charge >= 0.3 is 0 Å². The van der Waals surface area contributed by atoms with Gasteiger partial charge in [0.2, 0.25) is 0 Å². The summed E-state index contributed by atoms with van der Waals surface area (Å²) in [5.41, 5.74) is 1.10. The zero-order valence-electron chi connectivity index (χ0n) is 11.4. The molecule has 1 heterocycles. The predicted molar refractivity (Wildman–Crippen MR) is 70.0 cm³/mol. The lowest BCUT2D eigenvalue weighted by molar-refractivity contribution is 0.163. The van der Waals surface area contributed by atoms with Gasteiger partial charge < -0.3 is 10.1 Å². The average Bonchev–Trinajstić information content (AvgIpc) is 2.82. The van der Waals surface area contributed by atoms with Gasteiger partial charge in [-0.3, -0.25) is 4.68 Å². The van der Waals surface area contributed by atoms with Crippen LogP contribution in [-0.4, -0.2) is 29.5 Å². The van der Waals surface area contributed by atoms with E-state index in [0.717, 1.165) is 31.7 Å². The Labute approximate surface area is 104 Å². The zero-order valence-corrected chi connectivity index (χ0v) is 11.4. The van der Waals surface area contributed by atoms with E-state index in [1.807, 2.05) is 4.68 Å². The molecule has 0 amide bonds. The highest BCUT2D eigenvalue weighted by Gasteiger charge is 2.07. The summed E-state index contributed by atoms with van der Waals surface area (Å²) >= 11 is 0. The predicted octanol–water partition coefficient (Wildman–Crippen LogP) is 2.37. The molecule has 2 atom stereocenters. The quantitative estimate of drug-likeness (QED) is 0.757. The molecule has 0 aliphatic heterocycles. The van der Waals surface area contributed by atoms with Crippen molar-refractivity contribution in [2.75, 3.05) is 13.7 Å². The van der Waals surface area contributed by atoms with E-state index >= 15 is 0 Å². The fourth-order valence-corrected chi connectivity index (χ4v) is 1.68. The van der Waals surface area contributed by atoms with Crippen LogP contribution in [-0.2, 0) is 11.3 Å². The van der Waals surface area contributed by atoms with Crippen LogP contribution in [0.5, 0.6) is 0 Å². The largest absolute Gasteiger partial charge is 0.383 e. The third-order valence-electron chi connectivity index (χ3n) is 3.14. The molecule has 0 saturated carbocycles. The third kappa shape index (κ3) is 4.48. The lowest BCUT2D eigenvalue weighted by atomic mass is 10.2. The molecule has 4 nitrogen and oxygen atoms in total. The van der Waals surface area contributed by atoms with Gasteiger partial charge in [0.1, 0.15) is 0 Å². The summed E-state index contributed by atoms with van der Waals surface area (Å²) in [6.45, 7) is 8.09. The van der Waals surface area contributed by atoms with E-state index < -0.39 is 0 Å². The van der Waals surface area contributed by atoms with Crippen molar-refractivity contribution in [3.63, 3.8) is 0 Å². The number of ether oxygens (including phenoxy) is 1. The van der Waals surface area contributed by atoms with E-state index in [2.05, 4.69) is 43.4 Å². The molecule has 1 aromatic rings. The minimum Gasteiger partial charge on any atom is -0.383 e. The first kappa shape index (κ1) is 14.2. The molecule has 2 unspecified atom stereocenters. The highest BCUT2D eigenvalue weighted by Crippen LogP contribution is 2.09. The molecule has 4 heteroatoms. The van der Waals surface area contributed by atoms with Gasteiger partial charge in [-0.15, -0.1) is 0 Å². The van der Waals surface area contributed by atoms with Crippen molar-refractivity contribution in [3.05, 3.63) is 18.0 Å². The Morgan fingerprint density at radius 1 is 1.41 bits per heavy atom. The summed E-state index contributed by atoms with van der Waals surface area (Å²) in [5, 5.41) is 8.02. The smallest absolute Gasteiger partial charge is 0.0762 e. The van der Waals surface area contributed by atoms with E-state index in [9.17, 15) is 0 Å². The number of nitrogens with one attached hydrogen (secondary N) is 1. The molecule has 0 bridgehead atoms. The standard InChI is InChI=1S/C13H25N3O/c1-5-11(3)16-8-7-13(15-16)9-14-12(6-2)10-17-4/h7-8,11-12,14H,5-6,9-10H2,1-4H3. The number of rotatable bonds is 8. The lowest BCUT2D eigenvalue weighted by Gasteiger charge is -2.14. The SMILES string of the molecule is CCC(COC)NCc1ccn(C(C)CC)n1. The maximum Gasteiger partial charge on any atom is 0.0762 e. The summed E-state index contributed by atoms with van der Waals surface area (Å²) < 4.78 is 7.19. The fraction of sp³-hybridized carbons (Fsp3) is 0.769. The van der Waals surface area contributed by atoms with Crippen LogP contribution in [0.4, 0.5) is 0 Å². The summed E-state index contributed by atoms with van der Waals surface area (Å²) in [6.07, 6.45) is 4.23. The highest BCUT2D eigenvalue weighted by atomic mass is 16.5. The zero-order chi connectivity index (χ0) is 12.7. The molecule has 17 heavy (non-hydrogen) atoms. The van der Waals surface area contributed by atoms with Crippen molar-refractivity contribution >= 4 is 0 Å². The Morgan fingerprint density at radius 2 is 2.18 bits per heavy atom. The van der Waals surface area contributed by atoms with Crippen LogP contribution in [0.25, 0.3) is 0 Å². The van der Waals surface area contributed by atoms with Crippen molar-refractivity contribution in [1.82, 2.24) is 15.1 Å². The number of aromatic nitrogens is 2. The number of nitrogens with zero attached hydrogens (tertiary/aromatic N) is 2. The highest BCUT2D eigenvalue weighted by molar-refractivity contribution is 4.99. The molecule has 0 aliphatic rings. The molecular weight excluding hydrogens is 214 g/mol. The van der Waals surface area contributed by atoms with E-state index in [-0.39, 0.29) is 0 Å². The number of hydrogen-bond donors (Lipinski definition) is 1. The van der Waals surface area contributed by atoms with E-state index in [4.69, 9.17) is 4.74 Å². The maximum absolute atomic E-state index is 5.16. The molecular formula is C13H25N3O. The Balaban J connectivity index is 2.43. The Kier molecular flexibility index (Phi) is 6.22. The summed E-state index contributed by atoms with van der Waals surface area (Å²) in [6, 6.07) is 2.97. The van der Waals surface area contributed by atoms with Crippen LogP contribution in [0, 0.1) is 0 Å². The van der Waals surface area contributed by atoms with Crippen LogP contribution in [0.1, 0.15) is 45.3 Å². The van der Waals surface area contributed by atoms with Crippen LogP contribution in [0.2, 0.25) is 0 Å². The molecule has 0 aliphatic carbocycles. The van der Waals surface area contributed by atoms with Crippen LogP contribution in [0.15, 0.2) is 12.3 Å². The number of hydrogen-bond acceptors (Lipinski definition) is 3. The van der Waals surface area contributed by atoms with Gasteiger partial charge in [0, 0.05) is 31.9 Å². The van der Waals surface area contributed by atoms with Gasteiger partial charge in [-0.25, -0.2) is 0 Å². The second-order valence-corrected chi connectivity index (χ2v) is 4.49. The molecule has 0 spiro atoms. The maximum atomic E-state index is 5.16. The molecule has 0 aromatic carbocycles. The number of methoxy groups -OCH3 is 1.